The molecule has 2 heterocycles. The number of hydrogen-bond donors (Lipinski definition) is 1. The van der Waals surface area contributed by atoms with E-state index in [0.717, 1.165) is 40.2 Å². The van der Waals surface area contributed by atoms with Crippen LogP contribution >= 0.6 is 12.2 Å². The maximum atomic E-state index is 5.55. The molecule has 0 bridgehead atoms. The molecule has 0 atom stereocenters. The van der Waals surface area contributed by atoms with Crippen LogP contribution in [-0.4, -0.2) is 19.3 Å². The van der Waals surface area contributed by atoms with Gasteiger partial charge in [-0.05, 0) is 44.1 Å². The predicted molar refractivity (Wildman–Crippen MR) is 88.7 cm³/mol. The van der Waals surface area contributed by atoms with Crippen LogP contribution in [0.25, 0.3) is 16.9 Å². The third kappa shape index (κ3) is 2.21. The van der Waals surface area contributed by atoms with E-state index in [9.17, 15) is 0 Å². The number of nitrogens with zero attached hydrogens (tertiary/aromatic N) is 3. The fourth-order valence-corrected chi connectivity index (χ4v) is 3.19. The van der Waals surface area contributed by atoms with Gasteiger partial charge in [0, 0.05) is 7.05 Å². The summed E-state index contributed by atoms with van der Waals surface area (Å²) < 4.78 is 4.74. The van der Waals surface area contributed by atoms with Crippen molar-refractivity contribution >= 4 is 23.4 Å². The zero-order valence-corrected chi connectivity index (χ0v) is 13.7. The Morgan fingerprint density at radius 2 is 2.05 bits per heavy atom. The smallest absolute Gasteiger partial charge is 0.184 e. The summed E-state index contributed by atoms with van der Waals surface area (Å²) in [5.41, 5.74) is 6.77. The monoisotopic (exact) mass is 300 g/mol. The van der Waals surface area contributed by atoms with Crippen molar-refractivity contribution in [1.29, 1.82) is 0 Å². The lowest BCUT2D eigenvalue weighted by Crippen LogP contribution is -2.02. The average Bonchev–Trinajstić information content (AvgIpc) is 2.89. The molecule has 4 nitrogen and oxygen atoms in total. The van der Waals surface area contributed by atoms with E-state index in [2.05, 4.69) is 53.6 Å². The highest BCUT2D eigenvalue weighted by Crippen LogP contribution is 2.25. The molecular weight excluding hydrogens is 280 g/mol. The molecule has 0 fully saturated rings. The molecule has 3 rings (SSSR count). The van der Waals surface area contributed by atoms with E-state index in [1.54, 1.807) is 0 Å². The van der Waals surface area contributed by atoms with Crippen molar-refractivity contribution in [3.8, 4) is 5.69 Å². The van der Waals surface area contributed by atoms with Gasteiger partial charge in [-0.2, -0.15) is 5.10 Å². The van der Waals surface area contributed by atoms with Crippen molar-refractivity contribution in [3.63, 3.8) is 0 Å². The first-order chi connectivity index (χ1) is 10.0. The molecular formula is C16H20N4S. The number of imidazole rings is 1. The number of benzene rings is 1. The summed E-state index contributed by atoms with van der Waals surface area (Å²) >= 11 is 5.55. The van der Waals surface area contributed by atoms with Crippen LogP contribution in [0, 0.1) is 18.6 Å². The summed E-state index contributed by atoms with van der Waals surface area (Å²) in [5, 5.41) is 4.63. The SMILES string of the molecule is CCCc1nn(C)c2c1[nH]c(=S)n2-c1ccc(C)cc1C. The quantitative estimate of drug-likeness (QED) is 0.743. The Balaban J connectivity index is 2.32. The van der Waals surface area contributed by atoms with Gasteiger partial charge in [0.1, 0.15) is 5.52 Å². The van der Waals surface area contributed by atoms with Crippen molar-refractivity contribution in [1.82, 2.24) is 19.3 Å². The van der Waals surface area contributed by atoms with Crippen molar-refractivity contribution in [2.24, 2.45) is 7.05 Å². The standard InChI is InChI=1S/C16H20N4S/c1-5-6-12-14-15(19(4)18-12)20(16(21)17-14)13-8-7-10(2)9-11(13)3/h7-9H,5-6H2,1-4H3,(H,17,21). The minimum absolute atomic E-state index is 0.724. The second-order valence-corrected chi connectivity index (χ2v) is 5.96. The Labute approximate surface area is 129 Å². The topological polar surface area (TPSA) is 38.5 Å². The Morgan fingerprint density at radius 1 is 1.29 bits per heavy atom. The maximum Gasteiger partial charge on any atom is 0.184 e. The predicted octanol–water partition coefficient (Wildman–Crippen LogP) is 3.99. The van der Waals surface area contributed by atoms with Gasteiger partial charge in [0.15, 0.2) is 10.4 Å². The number of aromatic amines is 1. The third-order valence-corrected chi connectivity index (χ3v) is 4.10. The second kappa shape index (κ2) is 5.15. The van der Waals surface area contributed by atoms with Crippen molar-refractivity contribution in [2.45, 2.75) is 33.6 Å². The summed E-state index contributed by atoms with van der Waals surface area (Å²) in [7, 11) is 1.98. The molecule has 0 radical (unpaired) electrons. The zero-order chi connectivity index (χ0) is 15.1. The molecule has 0 unspecified atom stereocenters. The Morgan fingerprint density at radius 3 is 2.71 bits per heavy atom. The molecule has 3 aromatic rings. The molecule has 0 saturated carbocycles. The van der Waals surface area contributed by atoms with Gasteiger partial charge in [-0.15, -0.1) is 0 Å². The molecule has 0 saturated heterocycles. The molecule has 0 spiro atoms. The molecule has 0 aliphatic carbocycles. The van der Waals surface area contributed by atoms with Crippen LogP contribution in [0.3, 0.4) is 0 Å². The van der Waals surface area contributed by atoms with E-state index in [1.807, 2.05) is 11.7 Å². The molecule has 2 aromatic heterocycles. The lowest BCUT2D eigenvalue weighted by atomic mass is 10.1. The normalized spacial score (nSPS) is 11.4. The molecule has 110 valence electrons. The highest BCUT2D eigenvalue weighted by molar-refractivity contribution is 7.71. The Hall–Kier alpha value is -1.88. The maximum absolute atomic E-state index is 5.55. The Kier molecular flexibility index (Phi) is 3.45. The number of aromatic nitrogens is 4. The van der Waals surface area contributed by atoms with Crippen molar-refractivity contribution in [2.75, 3.05) is 0 Å². The fraction of sp³-hybridized carbons (Fsp3) is 0.375. The number of hydrogen-bond acceptors (Lipinski definition) is 2. The molecule has 1 aromatic carbocycles. The largest absolute Gasteiger partial charge is 0.327 e. The summed E-state index contributed by atoms with van der Waals surface area (Å²) in [6, 6.07) is 6.42. The van der Waals surface area contributed by atoms with Gasteiger partial charge >= 0.3 is 0 Å². The van der Waals surface area contributed by atoms with Crippen LogP contribution in [0.5, 0.6) is 0 Å². The first-order valence-corrected chi connectivity index (χ1v) is 7.68. The van der Waals surface area contributed by atoms with Crippen LogP contribution in [0.2, 0.25) is 0 Å². The molecule has 1 N–H and O–H groups in total. The minimum atomic E-state index is 0.724. The van der Waals surface area contributed by atoms with Crippen LogP contribution in [0.15, 0.2) is 18.2 Å². The number of rotatable bonds is 3. The van der Waals surface area contributed by atoms with Gasteiger partial charge in [0.2, 0.25) is 0 Å². The van der Waals surface area contributed by atoms with Gasteiger partial charge in [-0.25, -0.2) is 4.68 Å². The lowest BCUT2D eigenvalue weighted by Gasteiger charge is -2.09. The van der Waals surface area contributed by atoms with Crippen LogP contribution in [0.4, 0.5) is 0 Å². The number of nitrogens with one attached hydrogen (secondary N) is 1. The van der Waals surface area contributed by atoms with Gasteiger partial charge in [0.05, 0.1) is 11.4 Å². The first kappa shape index (κ1) is 14.1. The highest BCUT2D eigenvalue weighted by atomic mass is 32.1. The summed E-state index contributed by atoms with van der Waals surface area (Å²) in [5.74, 6) is 0. The number of aryl methyl sites for hydroxylation is 4. The van der Waals surface area contributed by atoms with E-state index in [0.29, 0.717) is 0 Å². The van der Waals surface area contributed by atoms with Crippen molar-refractivity contribution in [3.05, 3.63) is 39.8 Å². The molecule has 0 amide bonds. The van der Waals surface area contributed by atoms with E-state index < -0.39 is 0 Å². The van der Waals surface area contributed by atoms with Crippen molar-refractivity contribution < 1.29 is 0 Å². The summed E-state index contributed by atoms with van der Waals surface area (Å²) in [6.07, 6.45) is 2.03. The van der Waals surface area contributed by atoms with Gasteiger partial charge in [-0.3, -0.25) is 4.57 Å². The average molecular weight is 300 g/mol. The molecule has 0 aliphatic heterocycles. The van der Waals surface area contributed by atoms with E-state index in [1.165, 1.54) is 11.1 Å². The summed E-state index contributed by atoms with van der Waals surface area (Å²) in [4.78, 5) is 3.34. The Bertz CT molecular complexity index is 866. The van der Waals surface area contributed by atoms with Crippen LogP contribution in [0.1, 0.15) is 30.2 Å². The number of H-pyrrole nitrogens is 1. The lowest BCUT2D eigenvalue weighted by molar-refractivity contribution is 0.735. The zero-order valence-electron chi connectivity index (χ0n) is 12.9. The van der Waals surface area contributed by atoms with Crippen LogP contribution < -0.4 is 0 Å². The van der Waals surface area contributed by atoms with E-state index in [-0.39, 0.29) is 0 Å². The van der Waals surface area contributed by atoms with Gasteiger partial charge in [-0.1, -0.05) is 31.0 Å². The summed E-state index contributed by atoms with van der Waals surface area (Å²) in [6.45, 7) is 6.38. The molecule has 21 heavy (non-hydrogen) atoms. The van der Waals surface area contributed by atoms with E-state index in [4.69, 9.17) is 12.2 Å². The fourth-order valence-electron chi connectivity index (χ4n) is 2.90. The first-order valence-electron chi connectivity index (χ1n) is 7.27. The third-order valence-electron chi connectivity index (χ3n) is 3.82. The second-order valence-electron chi connectivity index (χ2n) is 5.57. The molecule has 0 aliphatic rings. The number of fused-ring (bicyclic) bond motifs is 1. The van der Waals surface area contributed by atoms with Gasteiger partial charge < -0.3 is 4.98 Å². The van der Waals surface area contributed by atoms with Gasteiger partial charge in [0.25, 0.3) is 0 Å². The van der Waals surface area contributed by atoms with Crippen LogP contribution in [-0.2, 0) is 13.5 Å². The van der Waals surface area contributed by atoms with E-state index >= 15 is 0 Å². The highest BCUT2D eigenvalue weighted by Gasteiger charge is 2.16. The molecule has 5 heteroatoms. The minimum Gasteiger partial charge on any atom is -0.327 e.